The van der Waals surface area contributed by atoms with E-state index in [1.54, 1.807) is 0 Å². The van der Waals surface area contributed by atoms with E-state index >= 15 is 0 Å². The van der Waals surface area contributed by atoms with Gasteiger partial charge in [0, 0.05) is 6.08 Å². The summed E-state index contributed by atoms with van der Waals surface area (Å²) >= 11 is 0. The molecule has 0 bridgehead atoms. The summed E-state index contributed by atoms with van der Waals surface area (Å²) in [4.78, 5) is 10.6. The summed E-state index contributed by atoms with van der Waals surface area (Å²) in [6.45, 7) is 4.57. The maximum absolute atomic E-state index is 10.6. The first-order valence-corrected chi connectivity index (χ1v) is 6.01. The van der Waals surface area contributed by atoms with Crippen molar-refractivity contribution in [2.75, 3.05) is 41.4 Å². The highest BCUT2D eigenvalue weighted by Gasteiger charge is 2.06. The van der Waals surface area contributed by atoms with Gasteiger partial charge in [0.1, 0.15) is 13.2 Å². The van der Waals surface area contributed by atoms with Gasteiger partial charge in [0.05, 0.1) is 28.3 Å². The van der Waals surface area contributed by atoms with Crippen molar-refractivity contribution in [3.63, 3.8) is 0 Å². The van der Waals surface area contributed by atoms with Gasteiger partial charge in [-0.1, -0.05) is 6.58 Å². The Balaban J connectivity index is -0.000000277. The molecule has 8 nitrogen and oxygen atoms in total. The van der Waals surface area contributed by atoms with Crippen molar-refractivity contribution in [3.05, 3.63) is 12.7 Å². The molecule has 4 N–H and O–H groups in total. The molecule has 0 fully saturated rings. The number of hydrogen-bond donors (Lipinski definition) is 2. The van der Waals surface area contributed by atoms with Crippen molar-refractivity contribution in [2.24, 2.45) is 0 Å². The number of carbonyl (C=O) groups is 1. The predicted molar refractivity (Wildman–Crippen MR) is 67.6 cm³/mol. The first-order chi connectivity index (χ1) is 7.52. The normalized spacial score (nSPS) is 10.5. The van der Waals surface area contributed by atoms with E-state index in [-0.39, 0.29) is 12.1 Å². The number of ether oxygens (including phenoxy) is 1. The third-order valence-electron chi connectivity index (χ3n) is 1.38. The Labute approximate surface area is 108 Å². The van der Waals surface area contributed by atoms with E-state index in [2.05, 4.69) is 10.8 Å². The van der Waals surface area contributed by atoms with Crippen LogP contribution in [0.1, 0.15) is 0 Å². The molecule has 0 radical (unpaired) electrons. The molecular formula is C9H23N2O6S+. The third kappa shape index (κ3) is 24.3. The van der Waals surface area contributed by atoms with Crippen LogP contribution in [0.2, 0.25) is 0 Å². The SMILES string of the molecule is C=CC(=O)OCC[N+](C)(C)C.COS(=O)(=O)O.N. The predicted octanol–water partition coefficient (Wildman–Crippen LogP) is 0.0194. The van der Waals surface area contributed by atoms with E-state index in [1.807, 2.05) is 21.1 Å². The van der Waals surface area contributed by atoms with Crippen LogP contribution in [0.25, 0.3) is 0 Å². The maximum Gasteiger partial charge on any atom is 0.397 e. The van der Waals surface area contributed by atoms with E-state index in [0.29, 0.717) is 6.61 Å². The van der Waals surface area contributed by atoms with Gasteiger partial charge >= 0.3 is 16.4 Å². The summed E-state index contributed by atoms with van der Waals surface area (Å²) in [5.74, 6) is -0.349. The van der Waals surface area contributed by atoms with Crippen molar-refractivity contribution in [3.8, 4) is 0 Å². The Morgan fingerprint density at radius 1 is 1.39 bits per heavy atom. The van der Waals surface area contributed by atoms with Gasteiger partial charge in [0.15, 0.2) is 0 Å². The molecule has 0 aromatic heterocycles. The first-order valence-electron chi connectivity index (χ1n) is 4.64. The second-order valence-electron chi connectivity index (χ2n) is 3.98. The smallest absolute Gasteiger partial charge is 0.397 e. The zero-order valence-electron chi connectivity index (χ0n) is 11.2. The van der Waals surface area contributed by atoms with E-state index in [9.17, 15) is 13.2 Å². The van der Waals surface area contributed by atoms with Gasteiger partial charge in [-0.05, 0) is 0 Å². The molecule has 0 atom stereocenters. The number of likely N-dealkylation sites (N-methyl/N-ethyl adjacent to an activating group) is 1. The van der Waals surface area contributed by atoms with Crippen molar-refractivity contribution < 1.29 is 31.2 Å². The Bertz CT molecular complexity index is 333. The highest BCUT2D eigenvalue weighted by molar-refractivity contribution is 7.80. The van der Waals surface area contributed by atoms with Crippen LogP contribution in [0.15, 0.2) is 12.7 Å². The lowest BCUT2D eigenvalue weighted by Crippen LogP contribution is -2.37. The standard InChI is InChI=1S/C8H16NO2.CH4O4S.H3N/c1-5-8(10)11-7-6-9(2,3)4;1-5-6(2,3)4;/h5H,1,6-7H2,2-4H3;1H3,(H,2,3,4);1H3/q+1;;. The van der Waals surface area contributed by atoms with Gasteiger partial charge in [-0.15, -0.1) is 0 Å². The number of nitrogens with zero attached hydrogens (tertiary/aromatic N) is 1. The molecule has 0 saturated heterocycles. The fourth-order valence-corrected chi connectivity index (χ4v) is 0.479. The molecule has 0 amide bonds. The lowest BCUT2D eigenvalue weighted by Gasteiger charge is -2.23. The van der Waals surface area contributed by atoms with Crippen molar-refractivity contribution in [1.29, 1.82) is 0 Å². The highest BCUT2D eigenvalue weighted by Crippen LogP contribution is 1.89. The number of rotatable bonds is 5. The number of carbonyl (C=O) groups excluding carboxylic acids is 1. The molecule has 9 heteroatoms. The molecule has 0 spiro atoms. The van der Waals surface area contributed by atoms with Crippen molar-refractivity contribution >= 4 is 16.4 Å². The van der Waals surface area contributed by atoms with Crippen LogP contribution in [0.3, 0.4) is 0 Å². The molecule has 0 rings (SSSR count). The number of quaternary nitrogens is 1. The molecule has 0 aromatic rings. The Kier molecular flexibility index (Phi) is 12.3. The summed E-state index contributed by atoms with van der Waals surface area (Å²) in [6, 6.07) is 0. The summed E-state index contributed by atoms with van der Waals surface area (Å²) in [6.07, 6.45) is 1.18. The van der Waals surface area contributed by atoms with Gasteiger partial charge in [-0.2, -0.15) is 8.42 Å². The third-order valence-corrected chi connectivity index (χ3v) is 1.80. The molecule has 110 valence electrons. The molecule has 0 aliphatic rings. The fraction of sp³-hybridized carbons (Fsp3) is 0.667. The van der Waals surface area contributed by atoms with E-state index < -0.39 is 10.4 Å². The van der Waals surface area contributed by atoms with Gasteiger partial charge in [0.2, 0.25) is 0 Å². The Morgan fingerprint density at radius 3 is 2.00 bits per heavy atom. The van der Waals surface area contributed by atoms with E-state index in [1.165, 1.54) is 6.08 Å². The Hall–Kier alpha value is -1.00. The summed E-state index contributed by atoms with van der Waals surface area (Å²) in [5.41, 5.74) is 0. The zero-order chi connectivity index (χ0) is 14.1. The summed E-state index contributed by atoms with van der Waals surface area (Å²) in [5, 5.41) is 0. The van der Waals surface area contributed by atoms with E-state index in [0.717, 1.165) is 18.1 Å². The highest BCUT2D eigenvalue weighted by atomic mass is 32.3. The van der Waals surface area contributed by atoms with Crippen LogP contribution in [-0.4, -0.2) is 64.8 Å². The van der Waals surface area contributed by atoms with Crippen LogP contribution in [0, 0.1) is 0 Å². The average Bonchev–Trinajstić information content (AvgIpc) is 2.15. The molecular weight excluding hydrogens is 264 g/mol. The van der Waals surface area contributed by atoms with Crippen molar-refractivity contribution in [1.82, 2.24) is 6.15 Å². The molecule has 18 heavy (non-hydrogen) atoms. The van der Waals surface area contributed by atoms with Crippen LogP contribution < -0.4 is 6.15 Å². The molecule has 0 aliphatic heterocycles. The fourth-order valence-electron chi connectivity index (χ4n) is 0.479. The largest absolute Gasteiger partial charge is 0.457 e. The summed E-state index contributed by atoms with van der Waals surface area (Å²) in [7, 11) is 2.84. The minimum Gasteiger partial charge on any atom is -0.457 e. The molecule has 0 aromatic carbocycles. The molecule has 0 aliphatic carbocycles. The Morgan fingerprint density at radius 2 is 1.78 bits per heavy atom. The minimum absolute atomic E-state index is 0. The van der Waals surface area contributed by atoms with Crippen LogP contribution in [0.5, 0.6) is 0 Å². The second kappa shape index (κ2) is 9.97. The number of esters is 1. The molecule has 0 unspecified atom stereocenters. The maximum atomic E-state index is 10.6. The first kappa shape index (κ1) is 22.2. The van der Waals surface area contributed by atoms with Crippen molar-refractivity contribution in [2.45, 2.75) is 0 Å². The van der Waals surface area contributed by atoms with Crippen LogP contribution in [-0.2, 0) is 24.1 Å². The van der Waals surface area contributed by atoms with Gasteiger partial charge in [-0.3, -0.25) is 8.74 Å². The summed E-state index contributed by atoms with van der Waals surface area (Å²) < 4.78 is 35.3. The lowest BCUT2D eigenvalue weighted by molar-refractivity contribution is -0.870. The number of hydrogen-bond acceptors (Lipinski definition) is 6. The topological polar surface area (TPSA) is 125 Å². The van der Waals surface area contributed by atoms with E-state index in [4.69, 9.17) is 9.29 Å². The van der Waals surface area contributed by atoms with Gasteiger partial charge in [-0.25, -0.2) is 4.79 Å². The van der Waals surface area contributed by atoms with Gasteiger partial charge in [0.25, 0.3) is 0 Å². The van der Waals surface area contributed by atoms with Crippen LogP contribution >= 0.6 is 0 Å². The minimum atomic E-state index is -4.16. The van der Waals surface area contributed by atoms with Crippen LogP contribution in [0.4, 0.5) is 0 Å². The molecule has 0 heterocycles. The average molecular weight is 287 g/mol. The van der Waals surface area contributed by atoms with Gasteiger partial charge < -0.3 is 15.4 Å². The zero-order valence-corrected chi connectivity index (χ0v) is 12.1. The molecule has 0 saturated carbocycles. The lowest BCUT2D eigenvalue weighted by atomic mass is 10.5. The quantitative estimate of drug-likeness (QED) is 0.316. The second-order valence-corrected chi connectivity index (χ2v) is 5.17. The monoisotopic (exact) mass is 287 g/mol.